The number of aliphatic hydroxyl groups excluding tert-OH is 1. The molecule has 0 saturated carbocycles. The first-order chi connectivity index (χ1) is 9.02. The highest BCUT2D eigenvalue weighted by Crippen LogP contribution is 2.38. The van der Waals surface area contributed by atoms with Gasteiger partial charge in [0.05, 0.1) is 12.6 Å². The Balaban J connectivity index is 2.13. The molecule has 0 aliphatic carbocycles. The zero-order valence-electron chi connectivity index (χ0n) is 11.3. The molecule has 1 aromatic carbocycles. The summed E-state index contributed by atoms with van der Waals surface area (Å²) in [6.07, 6.45) is 0.705. The molecule has 0 fully saturated rings. The molecule has 1 aliphatic rings. The second-order valence-electron chi connectivity index (χ2n) is 5.28. The Labute approximate surface area is 113 Å². The molecule has 0 radical (unpaired) electrons. The zero-order valence-corrected chi connectivity index (χ0v) is 11.3. The van der Waals surface area contributed by atoms with E-state index >= 15 is 0 Å². The normalized spacial score (nSPS) is 20.1. The molecule has 2 rings (SSSR count). The third kappa shape index (κ3) is 3.38. The van der Waals surface area contributed by atoms with Crippen molar-refractivity contribution in [2.45, 2.75) is 31.9 Å². The van der Waals surface area contributed by atoms with Crippen molar-refractivity contribution >= 4 is 6.03 Å². The van der Waals surface area contributed by atoms with Gasteiger partial charge < -0.3 is 20.5 Å². The van der Waals surface area contributed by atoms with Crippen molar-refractivity contribution in [3.05, 3.63) is 29.8 Å². The summed E-state index contributed by atoms with van der Waals surface area (Å²) in [6.45, 7) is 4.19. The Morgan fingerprint density at radius 2 is 2.21 bits per heavy atom. The fourth-order valence-electron chi connectivity index (χ4n) is 2.31. The van der Waals surface area contributed by atoms with E-state index in [1.807, 2.05) is 38.1 Å². The number of para-hydroxylation sites is 1. The van der Waals surface area contributed by atoms with Crippen molar-refractivity contribution in [3.8, 4) is 5.75 Å². The minimum Gasteiger partial charge on any atom is -0.487 e. The number of ether oxygens (including phenoxy) is 1. The van der Waals surface area contributed by atoms with Crippen LogP contribution < -0.4 is 15.4 Å². The largest absolute Gasteiger partial charge is 0.487 e. The van der Waals surface area contributed by atoms with Gasteiger partial charge in [-0.15, -0.1) is 0 Å². The number of nitrogens with one attached hydrogen (secondary N) is 2. The summed E-state index contributed by atoms with van der Waals surface area (Å²) in [6, 6.07) is 7.37. The monoisotopic (exact) mass is 264 g/mol. The summed E-state index contributed by atoms with van der Waals surface area (Å²) in [5.41, 5.74) is 0.671. The van der Waals surface area contributed by atoms with Gasteiger partial charge in [-0.25, -0.2) is 4.79 Å². The highest BCUT2D eigenvalue weighted by molar-refractivity contribution is 5.74. The molecular weight excluding hydrogens is 244 g/mol. The van der Waals surface area contributed by atoms with Crippen molar-refractivity contribution in [1.82, 2.24) is 10.6 Å². The lowest BCUT2D eigenvalue weighted by Crippen LogP contribution is -2.45. The van der Waals surface area contributed by atoms with Crippen LogP contribution in [0.3, 0.4) is 0 Å². The summed E-state index contributed by atoms with van der Waals surface area (Å²) in [4.78, 5) is 11.7. The first-order valence-electron chi connectivity index (χ1n) is 6.45. The number of carbonyl (C=O) groups is 1. The predicted molar refractivity (Wildman–Crippen MR) is 72.1 cm³/mol. The predicted octanol–water partition coefficient (Wildman–Crippen LogP) is 1.58. The fourth-order valence-corrected chi connectivity index (χ4v) is 2.31. The van der Waals surface area contributed by atoms with E-state index < -0.39 is 0 Å². The Morgan fingerprint density at radius 1 is 1.47 bits per heavy atom. The fraction of sp³-hybridized carbons (Fsp3) is 0.500. The van der Waals surface area contributed by atoms with Crippen LogP contribution in [0, 0.1) is 0 Å². The van der Waals surface area contributed by atoms with Crippen molar-refractivity contribution in [2.75, 3.05) is 13.2 Å². The van der Waals surface area contributed by atoms with E-state index in [1.54, 1.807) is 0 Å². The highest BCUT2D eigenvalue weighted by atomic mass is 16.5. The molecule has 2 amide bonds. The zero-order chi connectivity index (χ0) is 13.9. The molecule has 3 N–H and O–H groups in total. The molecular formula is C14H20N2O3. The SMILES string of the molecule is CC1(C)CC(NC(=O)NCCO)c2ccccc2O1. The van der Waals surface area contributed by atoms with E-state index in [-0.39, 0.29) is 30.8 Å². The number of aliphatic hydroxyl groups is 1. The Hall–Kier alpha value is -1.75. The number of hydrogen-bond donors (Lipinski definition) is 3. The van der Waals surface area contributed by atoms with Crippen LogP contribution in [0.25, 0.3) is 0 Å². The number of fused-ring (bicyclic) bond motifs is 1. The van der Waals surface area contributed by atoms with Crippen molar-refractivity contribution in [2.24, 2.45) is 0 Å². The molecule has 5 nitrogen and oxygen atoms in total. The number of carbonyl (C=O) groups excluding carboxylic acids is 1. The maximum absolute atomic E-state index is 11.7. The van der Waals surface area contributed by atoms with E-state index in [0.717, 1.165) is 11.3 Å². The molecule has 1 heterocycles. The van der Waals surface area contributed by atoms with Crippen LogP contribution in [-0.4, -0.2) is 29.9 Å². The van der Waals surface area contributed by atoms with Crippen LogP contribution in [0.2, 0.25) is 0 Å². The van der Waals surface area contributed by atoms with E-state index in [9.17, 15) is 4.79 Å². The molecule has 19 heavy (non-hydrogen) atoms. The van der Waals surface area contributed by atoms with Gasteiger partial charge in [-0.2, -0.15) is 0 Å². The van der Waals surface area contributed by atoms with Gasteiger partial charge in [0.2, 0.25) is 0 Å². The lowest BCUT2D eigenvalue weighted by atomic mass is 9.90. The molecule has 1 unspecified atom stereocenters. The number of benzene rings is 1. The van der Waals surface area contributed by atoms with Gasteiger partial charge in [-0.1, -0.05) is 18.2 Å². The molecule has 0 aromatic heterocycles. The van der Waals surface area contributed by atoms with Crippen molar-refractivity contribution in [1.29, 1.82) is 0 Å². The maximum Gasteiger partial charge on any atom is 0.315 e. The van der Waals surface area contributed by atoms with Crippen LogP contribution in [0.5, 0.6) is 5.75 Å². The molecule has 0 saturated heterocycles. The number of rotatable bonds is 3. The van der Waals surface area contributed by atoms with E-state index in [2.05, 4.69) is 10.6 Å². The van der Waals surface area contributed by atoms with Gasteiger partial charge in [-0.05, 0) is 19.9 Å². The molecule has 0 spiro atoms. The van der Waals surface area contributed by atoms with Gasteiger partial charge >= 0.3 is 6.03 Å². The minimum absolute atomic E-state index is 0.0662. The molecule has 1 aliphatic heterocycles. The Bertz CT molecular complexity index is 460. The summed E-state index contributed by atoms with van der Waals surface area (Å²) >= 11 is 0. The number of urea groups is 1. The molecule has 0 bridgehead atoms. The van der Waals surface area contributed by atoms with E-state index in [0.29, 0.717) is 6.42 Å². The van der Waals surface area contributed by atoms with Crippen LogP contribution >= 0.6 is 0 Å². The Morgan fingerprint density at radius 3 is 2.95 bits per heavy atom. The smallest absolute Gasteiger partial charge is 0.315 e. The minimum atomic E-state index is -0.316. The van der Waals surface area contributed by atoms with Crippen molar-refractivity contribution < 1.29 is 14.6 Å². The second-order valence-corrected chi connectivity index (χ2v) is 5.28. The molecule has 1 atom stereocenters. The quantitative estimate of drug-likeness (QED) is 0.776. The van der Waals surface area contributed by atoms with Gasteiger partial charge in [0.15, 0.2) is 0 Å². The summed E-state index contributed by atoms with van der Waals surface area (Å²) in [7, 11) is 0. The van der Waals surface area contributed by atoms with Crippen LogP contribution in [-0.2, 0) is 0 Å². The molecule has 5 heteroatoms. The highest BCUT2D eigenvalue weighted by Gasteiger charge is 2.34. The standard InChI is InChI=1S/C14H20N2O3/c1-14(2)9-11(16-13(18)15-7-8-17)10-5-3-4-6-12(10)19-14/h3-6,11,17H,7-9H2,1-2H3,(H2,15,16,18). The van der Waals surface area contributed by atoms with Gasteiger partial charge in [0.25, 0.3) is 0 Å². The van der Waals surface area contributed by atoms with Crippen LogP contribution in [0.4, 0.5) is 4.79 Å². The van der Waals surface area contributed by atoms with Gasteiger partial charge in [-0.3, -0.25) is 0 Å². The number of hydrogen-bond acceptors (Lipinski definition) is 3. The van der Waals surface area contributed by atoms with Gasteiger partial charge in [0.1, 0.15) is 11.4 Å². The van der Waals surface area contributed by atoms with Crippen LogP contribution in [0.1, 0.15) is 31.9 Å². The van der Waals surface area contributed by atoms with Gasteiger partial charge in [0, 0.05) is 18.5 Å². The third-order valence-corrected chi connectivity index (χ3v) is 3.08. The van der Waals surface area contributed by atoms with Crippen LogP contribution in [0.15, 0.2) is 24.3 Å². The first kappa shape index (κ1) is 13.7. The third-order valence-electron chi connectivity index (χ3n) is 3.08. The first-order valence-corrected chi connectivity index (χ1v) is 6.45. The molecule has 1 aromatic rings. The summed E-state index contributed by atoms with van der Waals surface area (Å²) < 4.78 is 5.90. The second kappa shape index (κ2) is 5.48. The average Bonchev–Trinajstić information content (AvgIpc) is 2.35. The lowest BCUT2D eigenvalue weighted by Gasteiger charge is -2.37. The number of amides is 2. The maximum atomic E-state index is 11.7. The lowest BCUT2D eigenvalue weighted by molar-refractivity contribution is 0.0678. The Kier molecular flexibility index (Phi) is 3.95. The van der Waals surface area contributed by atoms with E-state index in [4.69, 9.17) is 9.84 Å². The van der Waals surface area contributed by atoms with E-state index in [1.165, 1.54) is 0 Å². The molecule has 104 valence electrons. The summed E-state index contributed by atoms with van der Waals surface area (Å²) in [5.74, 6) is 0.811. The van der Waals surface area contributed by atoms with Crippen molar-refractivity contribution in [3.63, 3.8) is 0 Å². The summed E-state index contributed by atoms with van der Waals surface area (Å²) in [5, 5.41) is 14.2. The topological polar surface area (TPSA) is 70.6 Å². The average molecular weight is 264 g/mol.